The van der Waals surface area contributed by atoms with Gasteiger partial charge in [0, 0.05) is 19.3 Å². The Kier molecular flexibility index (Phi) is 13.9. The topological polar surface area (TPSA) is 274 Å². The molecule has 16 atom stereocenters. The molecule has 0 aromatic rings. The van der Waals surface area contributed by atoms with Gasteiger partial charge in [-0.25, -0.2) is 0 Å². The Bertz CT molecular complexity index is 1000. The van der Waals surface area contributed by atoms with Gasteiger partial charge in [0.1, 0.15) is 24.4 Å². The van der Waals surface area contributed by atoms with Crippen LogP contribution in [0.1, 0.15) is 53.9 Å². The maximum atomic E-state index is 13.8. The van der Waals surface area contributed by atoms with Crippen molar-refractivity contribution in [1.29, 1.82) is 0 Å². The first kappa shape index (κ1) is 39.1. The van der Waals surface area contributed by atoms with E-state index >= 15 is 0 Å². The number of hydrogen-bond donors (Lipinski definition) is 11. The average Bonchev–Trinajstić information content (AvgIpc) is 2.96. The molecule has 268 valence electrons. The fraction of sp³-hybridized carbons (Fsp3) is 0.900. The Hall–Kier alpha value is -1.35. The molecule has 0 spiro atoms. The minimum Gasteiger partial charge on any atom is -0.394 e. The van der Waals surface area contributed by atoms with Gasteiger partial charge in [-0.2, -0.15) is 0 Å². The molecule has 0 radical (unpaired) electrons. The van der Waals surface area contributed by atoms with Crippen LogP contribution in [0.25, 0.3) is 0 Å². The van der Waals surface area contributed by atoms with Gasteiger partial charge in [-0.05, 0) is 18.8 Å². The quantitative estimate of drug-likeness (QED) is 0.0904. The van der Waals surface area contributed by atoms with Gasteiger partial charge in [-0.1, -0.05) is 39.8 Å². The van der Waals surface area contributed by atoms with Gasteiger partial charge in [0.2, 0.25) is 5.91 Å². The van der Waals surface area contributed by atoms with Crippen LogP contribution in [-0.2, 0) is 23.7 Å². The lowest BCUT2D eigenvalue weighted by Crippen LogP contribution is -2.66. The van der Waals surface area contributed by atoms with Crippen LogP contribution >= 0.6 is 0 Å². The smallest absolute Gasteiger partial charge is 0.228 e. The van der Waals surface area contributed by atoms with Gasteiger partial charge < -0.3 is 76.0 Å². The minimum absolute atomic E-state index is 0.0313. The molecule has 10 unspecified atom stereocenters. The molecule has 0 aromatic heterocycles. The normalized spacial score (nSPS) is 43.6. The third-order valence-corrected chi connectivity index (χ3v) is 8.91. The van der Waals surface area contributed by atoms with Crippen molar-refractivity contribution >= 4 is 5.91 Å². The highest BCUT2D eigenvalue weighted by atomic mass is 16.7. The highest BCUT2D eigenvalue weighted by molar-refractivity contribution is 5.80. The molecule has 3 aliphatic heterocycles. The van der Waals surface area contributed by atoms with E-state index in [1.807, 2.05) is 13.8 Å². The summed E-state index contributed by atoms with van der Waals surface area (Å²) in [6, 6.07) is -2.61. The fourth-order valence-corrected chi connectivity index (χ4v) is 5.98. The molecule has 0 bridgehead atoms. The van der Waals surface area contributed by atoms with Crippen molar-refractivity contribution in [3.63, 3.8) is 0 Å². The maximum absolute atomic E-state index is 13.8. The molecular weight excluding hydrogens is 612 g/mol. The number of nitrogens with one attached hydrogen (secondary N) is 1. The van der Waals surface area contributed by atoms with Crippen LogP contribution in [0, 0.1) is 17.8 Å². The second kappa shape index (κ2) is 16.4. The maximum Gasteiger partial charge on any atom is 0.228 e. The summed E-state index contributed by atoms with van der Waals surface area (Å²) in [5, 5.41) is 97.4. The first-order valence-electron chi connectivity index (χ1n) is 15.9. The summed E-state index contributed by atoms with van der Waals surface area (Å²) in [5.41, 5.74) is 5.98. The second-order valence-corrected chi connectivity index (χ2v) is 13.5. The van der Waals surface area contributed by atoms with Crippen LogP contribution in [-0.4, -0.2) is 150 Å². The van der Waals surface area contributed by atoms with Crippen LogP contribution < -0.4 is 11.1 Å². The Labute approximate surface area is 268 Å². The summed E-state index contributed by atoms with van der Waals surface area (Å²) in [5.74, 6) is -4.68. The highest BCUT2D eigenvalue weighted by Gasteiger charge is 2.52. The molecule has 12 N–H and O–H groups in total. The molecule has 46 heavy (non-hydrogen) atoms. The number of hydrogen-bond acceptors (Lipinski definition) is 15. The molecule has 3 fully saturated rings. The van der Waals surface area contributed by atoms with Crippen molar-refractivity contribution in [2.45, 2.75) is 145 Å². The Morgan fingerprint density at radius 3 is 2.24 bits per heavy atom. The predicted octanol–water partition coefficient (Wildman–Crippen LogP) is -3.45. The average molecular weight is 667 g/mol. The summed E-state index contributed by atoms with van der Waals surface area (Å²) in [6.07, 6.45) is -13.7. The van der Waals surface area contributed by atoms with E-state index in [9.17, 15) is 50.8 Å². The Morgan fingerprint density at radius 1 is 1.00 bits per heavy atom. The van der Waals surface area contributed by atoms with E-state index in [4.69, 9.17) is 24.7 Å². The van der Waals surface area contributed by atoms with Crippen LogP contribution in [0.3, 0.4) is 0 Å². The third kappa shape index (κ3) is 9.41. The van der Waals surface area contributed by atoms with E-state index in [0.29, 0.717) is 0 Å². The zero-order valence-electron chi connectivity index (χ0n) is 26.9. The van der Waals surface area contributed by atoms with Crippen molar-refractivity contribution in [1.82, 2.24) is 5.32 Å². The van der Waals surface area contributed by atoms with E-state index in [1.165, 1.54) is 0 Å². The molecule has 1 amide bonds. The van der Waals surface area contributed by atoms with Crippen LogP contribution in [0.5, 0.6) is 0 Å². The summed E-state index contributed by atoms with van der Waals surface area (Å²) in [7, 11) is 0. The molecule has 16 nitrogen and oxygen atoms in total. The molecular formula is C30H54N2O14. The third-order valence-electron chi connectivity index (χ3n) is 8.91. The monoisotopic (exact) mass is 666 g/mol. The van der Waals surface area contributed by atoms with E-state index in [-0.39, 0.29) is 24.7 Å². The zero-order valence-corrected chi connectivity index (χ0v) is 26.9. The molecule has 0 aromatic carbocycles. The molecule has 3 rings (SSSR count). The number of ether oxygens (including phenoxy) is 4. The number of amides is 1. The van der Waals surface area contributed by atoms with Crippen LogP contribution in [0.2, 0.25) is 0 Å². The molecule has 3 aliphatic rings. The van der Waals surface area contributed by atoms with Crippen LogP contribution in [0.4, 0.5) is 0 Å². The number of allylic oxidation sites excluding steroid dienone is 1. The van der Waals surface area contributed by atoms with Gasteiger partial charge in [0.15, 0.2) is 18.4 Å². The molecule has 0 aliphatic carbocycles. The van der Waals surface area contributed by atoms with Crippen molar-refractivity contribution in [2.24, 2.45) is 23.5 Å². The standard InChI is InChI=1S/C30H54N2O14/c1-12(2)6-7-15(44-29-25(38)21(31)23(36)14(5)43-29)8-18-20(17(35)10-30(42,46-18)9-16(34)13(3)4)27(40)32-22-24(37)19(11-33)45-28(41)26(22)39/h6-7,12-26,28-29,33-39,41-42H,8-11,31H2,1-5H3,(H,32,40)/b7-6+/t14?,15-,16+,17-,18-,19?,20+,21?,22?,23?,24?,25?,26?,28?,29?,30+/m0/s1. The van der Waals surface area contributed by atoms with E-state index < -0.39 is 116 Å². The van der Waals surface area contributed by atoms with Gasteiger partial charge in [-0.3, -0.25) is 4.79 Å². The lowest BCUT2D eigenvalue weighted by Gasteiger charge is -2.47. The fourth-order valence-electron chi connectivity index (χ4n) is 5.98. The second-order valence-electron chi connectivity index (χ2n) is 13.5. The van der Waals surface area contributed by atoms with Gasteiger partial charge in [-0.15, -0.1) is 0 Å². The summed E-state index contributed by atoms with van der Waals surface area (Å²) in [4.78, 5) is 13.8. The Balaban J connectivity index is 1.94. The number of aliphatic hydroxyl groups is 9. The number of rotatable bonds is 12. The summed E-state index contributed by atoms with van der Waals surface area (Å²) in [6.45, 7) is 8.10. The minimum atomic E-state index is -2.07. The first-order chi connectivity index (χ1) is 21.4. The summed E-state index contributed by atoms with van der Waals surface area (Å²) < 4.78 is 22.8. The zero-order chi connectivity index (χ0) is 34.7. The summed E-state index contributed by atoms with van der Waals surface area (Å²) >= 11 is 0. The largest absolute Gasteiger partial charge is 0.394 e. The highest BCUT2D eigenvalue weighted by Crippen LogP contribution is 2.38. The lowest BCUT2D eigenvalue weighted by atomic mass is 9.81. The molecule has 3 heterocycles. The molecule has 3 saturated heterocycles. The number of carbonyl (C=O) groups is 1. The predicted molar refractivity (Wildman–Crippen MR) is 159 cm³/mol. The number of aliphatic hydroxyl groups excluding tert-OH is 8. The van der Waals surface area contributed by atoms with E-state index in [2.05, 4.69) is 5.32 Å². The number of nitrogens with two attached hydrogens (primary N) is 1. The van der Waals surface area contributed by atoms with E-state index in [1.54, 1.807) is 32.9 Å². The van der Waals surface area contributed by atoms with Gasteiger partial charge in [0.25, 0.3) is 0 Å². The molecule has 0 saturated carbocycles. The van der Waals surface area contributed by atoms with Gasteiger partial charge >= 0.3 is 0 Å². The SMILES string of the molecule is CC(C)/C=C/[C@@H](C[C@@H]1O[C@](O)(C[C@@H](O)C(C)C)C[C@H](O)[C@H]1C(=O)NC1C(O)C(O)OC(CO)C1O)OC1OC(C)C(O)C(N)C1O. The van der Waals surface area contributed by atoms with Crippen molar-refractivity contribution in [3.8, 4) is 0 Å². The van der Waals surface area contributed by atoms with Crippen molar-refractivity contribution in [2.75, 3.05) is 6.61 Å². The first-order valence-corrected chi connectivity index (χ1v) is 15.9. The van der Waals surface area contributed by atoms with Crippen molar-refractivity contribution in [3.05, 3.63) is 12.2 Å². The van der Waals surface area contributed by atoms with Crippen molar-refractivity contribution < 1.29 is 69.7 Å². The number of carbonyl (C=O) groups excluding carboxylic acids is 1. The Morgan fingerprint density at radius 2 is 1.65 bits per heavy atom. The lowest BCUT2D eigenvalue weighted by molar-refractivity contribution is -0.308. The van der Waals surface area contributed by atoms with Gasteiger partial charge in [0.05, 0.1) is 61.2 Å². The van der Waals surface area contributed by atoms with Crippen LogP contribution in [0.15, 0.2) is 12.2 Å². The molecule has 16 heteroatoms. The van der Waals surface area contributed by atoms with E-state index in [0.717, 1.165) is 0 Å².